The minimum atomic E-state index is -0.374. The second-order valence-corrected chi connectivity index (χ2v) is 6.49. The average Bonchev–Trinajstić information content (AvgIpc) is 2.99. The van der Waals surface area contributed by atoms with E-state index in [1.165, 1.54) is 16.9 Å². The van der Waals surface area contributed by atoms with Crippen molar-refractivity contribution in [3.63, 3.8) is 0 Å². The number of fused-ring (bicyclic) bond motifs is 1. The van der Waals surface area contributed by atoms with Crippen LogP contribution in [0.3, 0.4) is 0 Å². The number of amides is 1. The van der Waals surface area contributed by atoms with E-state index in [1.807, 2.05) is 11.4 Å². The Hall–Kier alpha value is -1.92. The molecular weight excluding hydrogens is 298 g/mol. The Balaban J connectivity index is 1.80. The van der Waals surface area contributed by atoms with Gasteiger partial charge in [0, 0.05) is 30.1 Å². The maximum Gasteiger partial charge on any atom is 0.228 e. The third-order valence-corrected chi connectivity index (χ3v) is 4.70. The molecule has 0 spiro atoms. The minimum absolute atomic E-state index is 0.0337. The molecule has 5 nitrogen and oxygen atoms in total. The molecule has 0 aliphatic carbocycles. The van der Waals surface area contributed by atoms with Crippen LogP contribution in [0.5, 0.6) is 5.75 Å². The molecule has 22 heavy (non-hydrogen) atoms. The number of thiazole rings is 1. The zero-order chi connectivity index (χ0) is 15.6. The Morgan fingerprint density at radius 3 is 3.14 bits per heavy atom. The predicted molar refractivity (Wildman–Crippen MR) is 87.4 cm³/mol. The molecule has 1 aromatic heterocycles. The molecule has 0 saturated carbocycles. The van der Waals surface area contributed by atoms with E-state index in [2.05, 4.69) is 34.7 Å². The lowest BCUT2D eigenvalue weighted by atomic mass is 9.81. The molecule has 116 valence electrons. The molecule has 0 fully saturated rings. The molecule has 1 aromatic carbocycles. The Labute approximate surface area is 133 Å². The molecule has 1 atom stereocenters. The van der Waals surface area contributed by atoms with Gasteiger partial charge in [-0.15, -0.1) is 11.3 Å². The van der Waals surface area contributed by atoms with Crippen LogP contribution in [-0.2, 0) is 16.8 Å². The fourth-order valence-electron chi connectivity index (χ4n) is 2.94. The van der Waals surface area contributed by atoms with Crippen LogP contribution in [0.15, 0.2) is 29.8 Å². The highest BCUT2D eigenvalue weighted by atomic mass is 32.1. The molecule has 6 heteroatoms. The quantitative estimate of drug-likeness (QED) is 0.909. The van der Waals surface area contributed by atoms with E-state index in [0.717, 1.165) is 24.3 Å². The van der Waals surface area contributed by atoms with Crippen LogP contribution in [0.25, 0.3) is 0 Å². The van der Waals surface area contributed by atoms with Crippen molar-refractivity contribution in [3.05, 3.63) is 40.9 Å². The van der Waals surface area contributed by atoms with Gasteiger partial charge in [0.05, 0.1) is 7.11 Å². The molecule has 1 unspecified atom stereocenters. The van der Waals surface area contributed by atoms with Crippen LogP contribution in [0, 0.1) is 0 Å². The molecule has 1 aliphatic rings. The highest BCUT2D eigenvalue weighted by Crippen LogP contribution is 2.33. The number of aromatic nitrogens is 1. The summed E-state index contributed by atoms with van der Waals surface area (Å²) in [5.41, 5.74) is 2.03. The zero-order valence-corrected chi connectivity index (χ0v) is 13.5. The van der Waals surface area contributed by atoms with Gasteiger partial charge in [-0.2, -0.15) is 0 Å². The number of carbonyl (C=O) groups is 1. The monoisotopic (exact) mass is 317 g/mol. The van der Waals surface area contributed by atoms with E-state index < -0.39 is 0 Å². The summed E-state index contributed by atoms with van der Waals surface area (Å²) in [7, 11) is 1.67. The summed E-state index contributed by atoms with van der Waals surface area (Å²) in [6.07, 6.45) is 2.99. The minimum Gasteiger partial charge on any atom is -0.497 e. The summed E-state index contributed by atoms with van der Waals surface area (Å²) in [6, 6.07) is 6.06. The average molecular weight is 317 g/mol. The molecule has 0 radical (unpaired) electrons. The Morgan fingerprint density at radius 2 is 2.41 bits per heavy atom. The number of anilines is 1. The van der Waals surface area contributed by atoms with Crippen LogP contribution >= 0.6 is 11.3 Å². The Kier molecular flexibility index (Phi) is 4.13. The number of benzene rings is 1. The second kappa shape index (κ2) is 6.06. The fraction of sp³-hybridized carbons (Fsp3) is 0.375. The molecule has 2 aromatic rings. The first-order valence-corrected chi connectivity index (χ1v) is 8.10. The third kappa shape index (κ3) is 2.98. The topological polar surface area (TPSA) is 63.2 Å². The lowest BCUT2D eigenvalue weighted by molar-refractivity contribution is -0.117. The lowest BCUT2D eigenvalue weighted by Crippen LogP contribution is -2.47. The van der Waals surface area contributed by atoms with Gasteiger partial charge in [-0.25, -0.2) is 4.98 Å². The summed E-state index contributed by atoms with van der Waals surface area (Å²) >= 11 is 1.42. The molecular formula is C16H19N3O2S. The van der Waals surface area contributed by atoms with Gasteiger partial charge in [-0.3, -0.25) is 4.79 Å². The summed E-state index contributed by atoms with van der Waals surface area (Å²) in [5, 5.41) is 8.82. The van der Waals surface area contributed by atoms with E-state index in [0.29, 0.717) is 11.6 Å². The van der Waals surface area contributed by atoms with E-state index in [9.17, 15) is 4.79 Å². The largest absolute Gasteiger partial charge is 0.497 e. The summed E-state index contributed by atoms with van der Waals surface area (Å²) in [4.78, 5) is 16.4. The lowest BCUT2D eigenvalue weighted by Gasteiger charge is -2.37. The molecule has 2 heterocycles. The van der Waals surface area contributed by atoms with Gasteiger partial charge >= 0.3 is 0 Å². The molecule has 1 amide bonds. The van der Waals surface area contributed by atoms with Gasteiger partial charge in [0.25, 0.3) is 0 Å². The Bertz CT molecular complexity index is 672. The molecule has 3 rings (SSSR count). The first-order chi connectivity index (χ1) is 10.6. The van der Waals surface area contributed by atoms with Crippen LogP contribution in [0.2, 0.25) is 0 Å². The van der Waals surface area contributed by atoms with Gasteiger partial charge in [-0.05, 0) is 36.6 Å². The number of methoxy groups -OCH3 is 1. The first kappa shape index (κ1) is 15.0. The van der Waals surface area contributed by atoms with Gasteiger partial charge < -0.3 is 15.4 Å². The number of ether oxygens (including phenoxy) is 1. The molecule has 0 bridgehead atoms. The molecule has 1 aliphatic heterocycles. The highest BCUT2D eigenvalue weighted by Gasteiger charge is 2.34. The first-order valence-electron chi connectivity index (χ1n) is 7.22. The van der Waals surface area contributed by atoms with Crippen molar-refractivity contribution < 1.29 is 9.53 Å². The van der Waals surface area contributed by atoms with E-state index >= 15 is 0 Å². The van der Waals surface area contributed by atoms with Gasteiger partial charge in [-0.1, -0.05) is 6.07 Å². The van der Waals surface area contributed by atoms with E-state index in [1.54, 1.807) is 13.3 Å². The zero-order valence-electron chi connectivity index (χ0n) is 12.7. The van der Waals surface area contributed by atoms with Gasteiger partial charge in [0.2, 0.25) is 5.91 Å². The van der Waals surface area contributed by atoms with Gasteiger partial charge in [0.15, 0.2) is 5.13 Å². The van der Waals surface area contributed by atoms with Crippen molar-refractivity contribution in [1.82, 2.24) is 10.3 Å². The van der Waals surface area contributed by atoms with Crippen molar-refractivity contribution in [2.45, 2.75) is 25.3 Å². The van der Waals surface area contributed by atoms with Crippen LogP contribution in [0.4, 0.5) is 5.13 Å². The molecule has 0 saturated heterocycles. The number of nitrogens with one attached hydrogen (secondary N) is 2. The number of hydrogen-bond acceptors (Lipinski definition) is 5. The van der Waals surface area contributed by atoms with E-state index in [4.69, 9.17) is 4.74 Å². The maximum absolute atomic E-state index is 12.3. The van der Waals surface area contributed by atoms with Crippen molar-refractivity contribution >= 4 is 22.4 Å². The van der Waals surface area contributed by atoms with Crippen LogP contribution < -0.4 is 15.4 Å². The van der Waals surface area contributed by atoms with Gasteiger partial charge in [0.1, 0.15) is 5.75 Å². The molecule has 2 N–H and O–H groups in total. The maximum atomic E-state index is 12.3. The van der Waals surface area contributed by atoms with Crippen molar-refractivity contribution in [1.29, 1.82) is 0 Å². The Morgan fingerprint density at radius 1 is 1.55 bits per heavy atom. The second-order valence-electron chi connectivity index (χ2n) is 5.59. The summed E-state index contributed by atoms with van der Waals surface area (Å²) in [6.45, 7) is 2.92. The summed E-state index contributed by atoms with van der Waals surface area (Å²) in [5.74, 6) is 0.823. The van der Waals surface area contributed by atoms with Crippen LogP contribution in [0.1, 0.15) is 24.5 Å². The van der Waals surface area contributed by atoms with Crippen molar-refractivity contribution in [2.75, 3.05) is 19.0 Å². The number of rotatable bonds is 4. The summed E-state index contributed by atoms with van der Waals surface area (Å²) < 4.78 is 5.29. The normalized spacial score (nSPS) is 20.3. The van der Waals surface area contributed by atoms with E-state index in [-0.39, 0.29) is 11.4 Å². The highest BCUT2D eigenvalue weighted by molar-refractivity contribution is 7.13. The number of hydrogen-bond donors (Lipinski definition) is 2. The fourth-order valence-corrected chi connectivity index (χ4v) is 3.48. The number of nitrogens with zero attached hydrogens (tertiary/aromatic N) is 1. The van der Waals surface area contributed by atoms with Crippen molar-refractivity contribution in [3.8, 4) is 5.75 Å². The third-order valence-electron chi connectivity index (χ3n) is 4.01. The standard InChI is InChI=1S/C16H19N3O2S/c1-16(10-14(20)19-15-17-7-8-22-15)13-4-3-12(21-2)9-11(13)5-6-18-16/h3-4,7-9,18H,5-6,10H2,1-2H3,(H,17,19,20). The smallest absolute Gasteiger partial charge is 0.228 e. The van der Waals surface area contributed by atoms with Crippen molar-refractivity contribution in [2.24, 2.45) is 0 Å². The SMILES string of the molecule is COc1ccc2c(c1)CCNC2(C)CC(=O)Nc1nccs1. The number of carbonyl (C=O) groups excluding carboxylic acids is 1. The predicted octanol–water partition coefficient (Wildman–Crippen LogP) is 2.54. The van der Waals surface area contributed by atoms with Crippen LogP contribution in [-0.4, -0.2) is 24.5 Å².